The maximum Gasteiger partial charge on any atom is 0.173 e. The van der Waals surface area contributed by atoms with Gasteiger partial charge >= 0.3 is 0 Å². The lowest BCUT2D eigenvalue weighted by Gasteiger charge is -2.38. The van der Waals surface area contributed by atoms with Gasteiger partial charge in [0, 0.05) is 0 Å². The smallest absolute Gasteiger partial charge is 0.173 e. The van der Waals surface area contributed by atoms with Gasteiger partial charge in [0.2, 0.25) is 0 Å². The van der Waals surface area contributed by atoms with Gasteiger partial charge < -0.3 is 30.9 Å². The van der Waals surface area contributed by atoms with E-state index in [4.69, 9.17) is 20.7 Å². The molecule has 0 amide bonds. The Labute approximate surface area is 69.2 Å². The first-order chi connectivity index (χ1) is 5.57. The third kappa shape index (κ3) is 1.58. The fourth-order valence-corrected chi connectivity index (χ4v) is 1.12. The summed E-state index contributed by atoms with van der Waals surface area (Å²) >= 11 is 0. The molecule has 1 saturated heterocycles. The fraction of sp³-hybridized carbons (Fsp3) is 1.00. The highest BCUT2D eigenvalue weighted by Gasteiger charge is 2.41. The molecule has 6 N–H and O–H groups in total. The summed E-state index contributed by atoms with van der Waals surface area (Å²) in [5.74, 6) is 0. The molecule has 6 nitrogen and oxygen atoms in total. The van der Waals surface area contributed by atoms with E-state index in [0.29, 0.717) is 0 Å². The maximum absolute atomic E-state index is 9.20. The molecule has 0 aromatic heterocycles. The molecular formula is C6H13NO5. The van der Waals surface area contributed by atoms with Gasteiger partial charge in [0.15, 0.2) is 6.29 Å². The fourth-order valence-electron chi connectivity index (χ4n) is 1.12. The van der Waals surface area contributed by atoms with Crippen molar-refractivity contribution in [3.8, 4) is 0 Å². The second kappa shape index (κ2) is 3.65. The first kappa shape index (κ1) is 9.85. The lowest BCUT2D eigenvalue weighted by molar-refractivity contribution is -0.248. The first-order valence-electron chi connectivity index (χ1n) is 3.64. The minimum absolute atomic E-state index is 0.470. The van der Waals surface area contributed by atoms with E-state index in [-0.39, 0.29) is 0 Å². The van der Waals surface area contributed by atoms with E-state index in [1.807, 2.05) is 0 Å². The van der Waals surface area contributed by atoms with Crippen LogP contribution in [0.15, 0.2) is 0 Å². The molecule has 1 fully saturated rings. The Balaban J connectivity index is 2.63. The molecular weight excluding hydrogens is 166 g/mol. The molecule has 72 valence electrons. The van der Waals surface area contributed by atoms with Crippen LogP contribution in [-0.4, -0.2) is 57.7 Å². The Kier molecular flexibility index (Phi) is 2.99. The predicted molar refractivity (Wildman–Crippen MR) is 38.0 cm³/mol. The number of nitrogens with two attached hydrogens (primary N) is 1. The molecule has 1 rings (SSSR count). The maximum atomic E-state index is 9.20. The molecule has 6 heteroatoms. The van der Waals surface area contributed by atoms with Crippen molar-refractivity contribution in [2.24, 2.45) is 5.73 Å². The van der Waals surface area contributed by atoms with Crippen LogP contribution >= 0.6 is 0 Å². The van der Waals surface area contributed by atoms with E-state index in [2.05, 4.69) is 0 Å². The van der Waals surface area contributed by atoms with E-state index < -0.39 is 37.3 Å². The van der Waals surface area contributed by atoms with Gasteiger partial charge in [-0.25, -0.2) is 0 Å². The molecule has 1 aliphatic rings. The van der Waals surface area contributed by atoms with Gasteiger partial charge in [-0.05, 0) is 0 Å². The van der Waals surface area contributed by atoms with Gasteiger partial charge in [-0.15, -0.1) is 0 Å². The second-order valence-corrected chi connectivity index (χ2v) is 2.81. The lowest BCUT2D eigenvalue weighted by atomic mass is 9.98. The van der Waals surface area contributed by atoms with E-state index in [9.17, 15) is 10.2 Å². The number of ether oxygens (including phenoxy) is 1. The molecule has 0 spiro atoms. The minimum atomic E-state index is -1.35. The molecule has 0 saturated carbocycles. The van der Waals surface area contributed by atoms with Crippen LogP contribution in [0.3, 0.4) is 0 Å². The number of hydrogen-bond acceptors (Lipinski definition) is 6. The van der Waals surface area contributed by atoms with E-state index >= 15 is 0 Å². The highest BCUT2D eigenvalue weighted by Crippen LogP contribution is 2.17. The van der Waals surface area contributed by atoms with Crippen molar-refractivity contribution in [3.05, 3.63) is 0 Å². The van der Waals surface area contributed by atoms with Crippen molar-refractivity contribution in [3.63, 3.8) is 0 Å². The van der Waals surface area contributed by atoms with Gasteiger partial charge in [-0.1, -0.05) is 0 Å². The van der Waals surface area contributed by atoms with Crippen molar-refractivity contribution >= 4 is 0 Å². The second-order valence-electron chi connectivity index (χ2n) is 2.81. The number of rotatable bonds is 1. The normalized spacial score (nSPS) is 49.2. The quantitative estimate of drug-likeness (QED) is 0.288. The molecule has 0 aromatic carbocycles. The molecule has 0 aliphatic carbocycles. The zero-order valence-electron chi connectivity index (χ0n) is 6.37. The highest BCUT2D eigenvalue weighted by molar-refractivity contribution is 4.90. The average molecular weight is 179 g/mol. The topological polar surface area (TPSA) is 116 Å². The van der Waals surface area contributed by atoms with Crippen molar-refractivity contribution in [2.75, 3.05) is 6.61 Å². The molecule has 0 radical (unpaired) electrons. The summed E-state index contributed by atoms with van der Waals surface area (Å²) in [5.41, 5.74) is 5.26. The van der Waals surface area contributed by atoms with E-state index in [0.717, 1.165) is 0 Å². The molecule has 0 bridgehead atoms. The zero-order valence-corrected chi connectivity index (χ0v) is 6.37. The van der Waals surface area contributed by atoms with Crippen LogP contribution in [0.4, 0.5) is 0 Å². The lowest BCUT2D eigenvalue weighted by Crippen LogP contribution is -2.61. The standard InChI is InChI=1S/C6H13NO5/c7-3-5(10)4(9)2(1-8)12-6(3)11/h2-6,8-11H,1,7H2/t2-,3+,4-,5+,6+/m0/s1. The van der Waals surface area contributed by atoms with Crippen LogP contribution in [0.5, 0.6) is 0 Å². The minimum Gasteiger partial charge on any atom is -0.394 e. The van der Waals surface area contributed by atoms with Crippen LogP contribution < -0.4 is 5.73 Å². The van der Waals surface area contributed by atoms with Crippen LogP contribution in [0.2, 0.25) is 0 Å². The Morgan fingerprint density at radius 1 is 1.17 bits per heavy atom. The molecule has 5 atom stereocenters. The Morgan fingerprint density at radius 2 is 1.75 bits per heavy atom. The Bertz CT molecular complexity index is 150. The zero-order chi connectivity index (χ0) is 9.30. The Morgan fingerprint density at radius 3 is 2.25 bits per heavy atom. The summed E-state index contributed by atoms with van der Waals surface area (Å²) in [6.45, 7) is -0.470. The summed E-state index contributed by atoms with van der Waals surface area (Å²) in [6, 6.07) is -1.04. The summed E-state index contributed by atoms with van der Waals surface area (Å²) in [7, 11) is 0. The summed E-state index contributed by atoms with van der Waals surface area (Å²) in [5, 5.41) is 36.1. The SMILES string of the molecule is N[C@@H]1[C@@H](O)[C@@H](O)[C@H](CO)O[C@H]1O. The van der Waals surface area contributed by atoms with Crippen LogP contribution in [-0.2, 0) is 4.74 Å². The average Bonchev–Trinajstić information content (AvgIpc) is 2.08. The Hall–Kier alpha value is -0.240. The van der Waals surface area contributed by atoms with Crippen molar-refractivity contribution in [1.29, 1.82) is 0 Å². The van der Waals surface area contributed by atoms with Crippen LogP contribution in [0.25, 0.3) is 0 Å². The summed E-state index contributed by atoms with van der Waals surface area (Å²) in [6.07, 6.45) is -4.85. The van der Waals surface area contributed by atoms with E-state index in [1.165, 1.54) is 0 Å². The van der Waals surface area contributed by atoms with Crippen molar-refractivity contribution < 1.29 is 25.2 Å². The van der Waals surface area contributed by atoms with E-state index in [1.54, 1.807) is 0 Å². The largest absolute Gasteiger partial charge is 0.394 e. The monoisotopic (exact) mass is 179 g/mol. The summed E-state index contributed by atoms with van der Waals surface area (Å²) in [4.78, 5) is 0. The third-order valence-electron chi connectivity index (χ3n) is 1.95. The van der Waals surface area contributed by atoms with Crippen LogP contribution in [0, 0.1) is 0 Å². The predicted octanol–water partition coefficient (Wildman–Crippen LogP) is -3.26. The van der Waals surface area contributed by atoms with Gasteiger partial charge in [0.05, 0.1) is 12.6 Å². The van der Waals surface area contributed by atoms with Gasteiger partial charge in [0.1, 0.15) is 18.3 Å². The number of aliphatic hydroxyl groups excluding tert-OH is 4. The van der Waals surface area contributed by atoms with Crippen molar-refractivity contribution in [2.45, 2.75) is 30.6 Å². The van der Waals surface area contributed by atoms with Gasteiger partial charge in [-0.3, -0.25) is 0 Å². The summed E-state index contributed by atoms with van der Waals surface area (Å²) < 4.78 is 4.70. The van der Waals surface area contributed by atoms with Crippen molar-refractivity contribution in [1.82, 2.24) is 0 Å². The molecule has 0 aromatic rings. The number of hydrogen-bond donors (Lipinski definition) is 5. The first-order valence-corrected chi connectivity index (χ1v) is 3.64. The third-order valence-corrected chi connectivity index (χ3v) is 1.95. The van der Waals surface area contributed by atoms with Gasteiger partial charge in [0.25, 0.3) is 0 Å². The van der Waals surface area contributed by atoms with Gasteiger partial charge in [-0.2, -0.15) is 0 Å². The van der Waals surface area contributed by atoms with Crippen LogP contribution in [0.1, 0.15) is 0 Å². The molecule has 1 heterocycles. The highest BCUT2D eigenvalue weighted by atomic mass is 16.6. The molecule has 12 heavy (non-hydrogen) atoms. The number of aliphatic hydroxyl groups is 4. The molecule has 0 unspecified atom stereocenters. The molecule has 1 aliphatic heterocycles.